The van der Waals surface area contributed by atoms with Gasteiger partial charge in [-0.1, -0.05) is 35.5 Å². The zero-order chi connectivity index (χ0) is 22.1. The summed E-state index contributed by atoms with van der Waals surface area (Å²) in [6, 6.07) is 16.1. The third-order valence-electron chi connectivity index (χ3n) is 4.14. The van der Waals surface area contributed by atoms with E-state index >= 15 is 0 Å². The van der Waals surface area contributed by atoms with Gasteiger partial charge in [-0.3, -0.25) is 9.59 Å². The Morgan fingerprint density at radius 2 is 1.81 bits per heavy atom. The van der Waals surface area contributed by atoms with Gasteiger partial charge in [-0.2, -0.15) is 0 Å². The number of amides is 2. The molecule has 0 spiro atoms. The molecule has 2 amide bonds. The second kappa shape index (κ2) is 10.5. The fourth-order valence-electron chi connectivity index (χ4n) is 2.62. The van der Waals surface area contributed by atoms with Crippen LogP contribution in [0.3, 0.4) is 0 Å². The van der Waals surface area contributed by atoms with Crippen LogP contribution in [-0.2, 0) is 20.9 Å². The van der Waals surface area contributed by atoms with Gasteiger partial charge in [0, 0.05) is 24.4 Å². The molecule has 0 aliphatic carbocycles. The van der Waals surface area contributed by atoms with Crippen molar-refractivity contribution < 1.29 is 19.1 Å². The van der Waals surface area contributed by atoms with Gasteiger partial charge in [0.05, 0.1) is 12.7 Å². The number of hydrogen-bond acceptors (Lipinski definition) is 6. The molecule has 0 bridgehead atoms. The molecule has 9 nitrogen and oxygen atoms in total. The third-order valence-corrected chi connectivity index (χ3v) is 4.14. The highest BCUT2D eigenvalue weighted by molar-refractivity contribution is 5.96. The Morgan fingerprint density at radius 3 is 2.52 bits per heavy atom. The van der Waals surface area contributed by atoms with E-state index in [1.54, 1.807) is 35.1 Å². The Hall–Kier alpha value is -4.27. The van der Waals surface area contributed by atoms with Crippen LogP contribution >= 0.6 is 0 Å². The molecule has 0 fully saturated rings. The zero-order valence-electron chi connectivity index (χ0n) is 16.8. The summed E-state index contributed by atoms with van der Waals surface area (Å²) in [5.41, 5.74) is 2.53. The fraction of sp³-hybridized carbons (Fsp3) is 0.136. The number of ether oxygens (including phenoxy) is 1. The number of nitrogens with zero attached hydrogens (tertiary/aromatic N) is 3. The van der Waals surface area contributed by atoms with E-state index in [-0.39, 0.29) is 5.91 Å². The molecule has 0 saturated heterocycles. The standard InChI is InChI=1S/C22H21N5O4/c1-23-22(30)17-7-9-18(10-8-17)24-20(28)15-31-21(29)12-11-19-14-27(26-25-19)13-16-5-3-2-4-6-16/h2-12,14H,13,15H2,1H3,(H,23,30)(H,24,28)/b12-11+. The quantitative estimate of drug-likeness (QED) is 0.426. The predicted octanol–water partition coefficient (Wildman–Crippen LogP) is 1.88. The SMILES string of the molecule is CNC(=O)c1ccc(NC(=O)COC(=O)/C=C/c2cn(Cc3ccccc3)nn2)cc1. The number of esters is 1. The van der Waals surface area contributed by atoms with E-state index in [1.807, 2.05) is 30.3 Å². The van der Waals surface area contributed by atoms with Gasteiger partial charge in [-0.25, -0.2) is 9.48 Å². The summed E-state index contributed by atoms with van der Waals surface area (Å²) < 4.78 is 6.58. The minimum Gasteiger partial charge on any atom is -0.452 e. The highest BCUT2D eigenvalue weighted by Gasteiger charge is 2.08. The smallest absolute Gasteiger partial charge is 0.331 e. The number of rotatable bonds is 8. The first-order valence-corrected chi connectivity index (χ1v) is 9.44. The molecule has 0 atom stereocenters. The molecule has 158 valence electrons. The lowest BCUT2D eigenvalue weighted by Crippen LogP contribution is -2.20. The van der Waals surface area contributed by atoms with Crippen molar-refractivity contribution in [1.29, 1.82) is 0 Å². The number of anilines is 1. The van der Waals surface area contributed by atoms with Crippen LogP contribution in [0, 0.1) is 0 Å². The van der Waals surface area contributed by atoms with Gasteiger partial charge < -0.3 is 15.4 Å². The molecule has 1 aromatic heterocycles. The molecule has 31 heavy (non-hydrogen) atoms. The van der Waals surface area contributed by atoms with E-state index in [2.05, 4.69) is 20.9 Å². The summed E-state index contributed by atoms with van der Waals surface area (Å²) in [6.07, 6.45) is 4.35. The van der Waals surface area contributed by atoms with Crippen LogP contribution in [0.4, 0.5) is 5.69 Å². The first kappa shape index (κ1) is 21.4. The van der Waals surface area contributed by atoms with Gasteiger partial charge in [-0.15, -0.1) is 5.10 Å². The summed E-state index contributed by atoms with van der Waals surface area (Å²) in [7, 11) is 1.54. The topological polar surface area (TPSA) is 115 Å². The lowest BCUT2D eigenvalue weighted by molar-refractivity contribution is -0.142. The van der Waals surface area contributed by atoms with Gasteiger partial charge in [0.15, 0.2) is 6.61 Å². The first-order chi connectivity index (χ1) is 15.0. The summed E-state index contributed by atoms with van der Waals surface area (Å²) in [6.45, 7) is 0.122. The zero-order valence-corrected chi connectivity index (χ0v) is 16.8. The van der Waals surface area contributed by atoms with Gasteiger partial charge in [0.2, 0.25) is 0 Å². The number of benzene rings is 2. The molecule has 0 radical (unpaired) electrons. The molecule has 0 saturated carbocycles. The molecule has 3 rings (SSSR count). The van der Waals surface area contributed by atoms with E-state index in [0.717, 1.165) is 5.56 Å². The first-order valence-electron chi connectivity index (χ1n) is 9.44. The van der Waals surface area contributed by atoms with Crippen LogP contribution in [0.5, 0.6) is 0 Å². The highest BCUT2D eigenvalue weighted by Crippen LogP contribution is 2.09. The number of aromatic nitrogens is 3. The van der Waals surface area contributed by atoms with Crippen LogP contribution in [0.25, 0.3) is 6.08 Å². The summed E-state index contributed by atoms with van der Waals surface area (Å²) in [5, 5.41) is 13.1. The minimum atomic E-state index is -0.678. The van der Waals surface area contributed by atoms with Crippen LogP contribution in [-0.4, -0.2) is 46.4 Å². The molecule has 0 aliphatic heterocycles. The van der Waals surface area contributed by atoms with Crippen molar-refractivity contribution in [3.8, 4) is 0 Å². The Labute approximate surface area is 178 Å². The van der Waals surface area contributed by atoms with Crippen molar-refractivity contribution in [1.82, 2.24) is 20.3 Å². The predicted molar refractivity (Wildman–Crippen MR) is 114 cm³/mol. The van der Waals surface area contributed by atoms with Gasteiger partial charge >= 0.3 is 5.97 Å². The minimum absolute atomic E-state index is 0.223. The molecule has 2 N–H and O–H groups in total. The van der Waals surface area contributed by atoms with Crippen LogP contribution in [0.15, 0.2) is 66.9 Å². The molecule has 0 aliphatic rings. The average Bonchev–Trinajstić information content (AvgIpc) is 3.24. The van der Waals surface area contributed by atoms with Crippen molar-refractivity contribution in [2.75, 3.05) is 19.0 Å². The Morgan fingerprint density at radius 1 is 1.06 bits per heavy atom. The van der Waals surface area contributed by atoms with E-state index < -0.39 is 18.5 Å². The lowest BCUT2D eigenvalue weighted by Gasteiger charge is -2.06. The molecule has 3 aromatic rings. The second-order valence-electron chi connectivity index (χ2n) is 6.47. The molecule has 1 heterocycles. The van der Waals surface area contributed by atoms with E-state index in [0.29, 0.717) is 23.5 Å². The van der Waals surface area contributed by atoms with Crippen LogP contribution in [0.2, 0.25) is 0 Å². The van der Waals surface area contributed by atoms with Crippen molar-refractivity contribution in [2.45, 2.75) is 6.54 Å². The van der Waals surface area contributed by atoms with Crippen molar-refractivity contribution in [3.63, 3.8) is 0 Å². The Balaban J connectivity index is 1.44. The second-order valence-corrected chi connectivity index (χ2v) is 6.47. The highest BCUT2D eigenvalue weighted by atomic mass is 16.5. The van der Waals surface area contributed by atoms with E-state index in [1.165, 1.54) is 19.2 Å². The maximum Gasteiger partial charge on any atom is 0.331 e. The molecular formula is C22H21N5O4. The van der Waals surface area contributed by atoms with E-state index in [9.17, 15) is 14.4 Å². The summed E-state index contributed by atoms with van der Waals surface area (Å²) in [4.78, 5) is 35.3. The number of nitrogens with one attached hydrogen (secondary N) is 2. The monoisotopic (exact) mass is 419 g/mol. The van der Waals surface area contributed by atoms with Crippen LogP contribution in [0.1, 0.15) is 21.6 Å². The fourth-order valence-corrected chi connectivity index (χ4v) is 2.62. The summed E-state index contributed by atoms with van der Waals surface area (Å²) in [5.74, 6) is -1.40. The lowest BCUT2D eigenvalue weighted by atomic mass is 10.2. The van der Waals surface area contributed by atoms with Crippen molar-refractivity contribution in [3.05, 3.63) is 83.7 Å². The molecule has 0 unspecified atom stereocenters. The number of carbonyl (C=O) groups is 3. The molecular weight excluding hydrogens is 398 g/mol. The summed E-state index contributed by atoms with van der Waals surface area (Å²) >= 11 is 0. The van der Waals surface area contributed by atoms with Crippen molar-refractivity contribution in [2.24, 2.45) is 0 Å². The Kier molecular flexibility index (Phi) is 7.26. The van der Waals surface area contributed by atoms with Gasteiger partial charge in [-0.05, 0) is 35.9 Å². The Bertz CT molecular complexity index is 1070. The number of hydrogen-bond donors (Lipinski definition) is 2. The van der Waals surface area contributed by atoms with Gasteiger partial charge in [0.25, 0.3) is 11.8 Å². The number of carbonyl (C=O) groups excluding carboxylic acids is 3. The average molecular weight is 419 g/mol. The van der Waals surface area contributed by atoms with E-state index in [4.69, 9.17) is 4.74 Å². The normalized spacial score (nSPS) is 10.6. The van der Waals surface area contributed by atoms with Crippen LogP contribution < -0.4 is 10.6 Å². The third kappa shape index (κ3) is 6.64. The molecule has 9 heteroatoms. The largest absolute Gasteiger partial charge is 0.452 e. The maximum atomic E-state index is 11.9. The van der Waals surface area contributed by atoms with Crippen molar-refractivity contribution >= 4 is 29.5 Å². The molecule has 2 aromatic carbocycles. The van der Waals surface area contributed by atoms with Gasteiger partial charge in [0.1, 0.15) is 5.69 Å². The maximum absolute atomic E-state index is 11.9.